The van der Waals surface area contributed by atoms with E-state index in [0.29, 0.717) is 6.61 Å². The lowest BCUT2D eigenvalue weighted by Gasteiger charge is -2.14. The molecule has 6 nitrogen and oxygen atoms in total. The lowest BCUT2D eigenvalue weighted by Crippen LogP contribution is -2.19. The average molecular weight is 641 g/mol. The van der Waals surface area contributed by atoms with Gasteiger partial charge in [0, 0.05) is 13.8 Å². The van der Waals surface area contributed by atoms with Crippen LogP contribution < -0.4 is 0 Å². The number of carbonyl (C=O) groups is 3. The third kappa shape index (κ3) is 40.4. The molecule has 0 aliphatic rings. The Morgan fingerprint density at radius 3 is 1.02 bits per heavy atom. The Balaban J connectivity index is 0. The summed E-state index contributed by atoms with van der Waals surface area (Å²) in [6.07, 6.45) is 36.4. The zero-order valence-corrected chi connectivity index (χ0v) is 30.7. The van der Waals surface area contributed by atoms with Crippen LogP contribution in [0.1, 0.15) is 221 Å². The summed E-state index contributed by atoms with van der Waals surface area (Å²) in [4.78, 5) is 42.8. The van der Waals surface area contributed by atoms with E-state index >= 15 is 0 Å². The molecule has 0 bridgehead atoms. The van der Waals surface area contributed by atoms with Crippen molar-refractivity contribution in [1.82, 2.24) is 0 Å². The van der Waals surface area contributed by atoms with Crippen molar-refractivity contribution in [3.8, 4) is 0 Å². The second-order valence-electron chi connectivity index (χ2n) is 13.1. The topological polar surface area (TPSA) is 78.9 Å². The fraction of sp³-hybridized carbons (Fsp3) is 0.923. The quantitative estimate of drug-likeness (QED) is 0.0325. The highest BCUT2D eigenvalue weighted by atomic mass is 17.2. The molecule has 0 N–H and O–H groups in total. The molecule has 0 aromatic rings. The second-order valence-corrected chi connectivity index (χ2v) is 13.1. The summed E-state index contributed by atoms with van der Waals surface area (Å²) in [6, 6.07) is 0. The van der Waals surface area contributed by atoms with Crippen LogP contribution in [0.3, 0.4) is 0 Å². The molecule has 0 aliphatic heterocycles. The molecule has 0 saturated heterocycles. The molecule has 1 unspecified atom stereocenters. The Hall–Kier alpha value is -1.59. The van der Waals surface area contributed by atoms with Gasteiger partial charge in [0.1, 0.15) is 0 Å². The molecule has 268 valence electrons. The first-order chi connectivity index (χ1) is 21.9. The molecule has 0 rings (SSSR count). The summed E-state index contributed by atoms with van der Waals surface area (Å²) in [5.74, 6) is -1.25. The second kappa shape index (κ2) is 38.6. The summed E-state index contributed by atoms with van der Waals surface area (Å²) in [5.41, 5.74) is 0. The Morgan fingerprint density at radius 1 is 0.400 bits per heavy atom. The molecule has 0 fully saturated rings. The van der Waals surface area contributed by atoms with E-state index in [1.54, 1.807) is 0 Å². The van der Waals surface area contributed by atoms with Crippen LogP contribution in [-0.2, 0) is 28.9 Å². The molecule has 0 amide bonds. The average Bonchev–Trinajstić information content (AvgIpc) is 3.02. The maximum Gasteiger partial charge on any atom is 0.358 e. The molecule has 0 aromatic carbocycles. The molecule has 0 heterocycles. The molecule has 0 aromatic heterocycles. The predicted molar refractivity (Wildman–Crippen MR) is 189 cm³/mol. The highest BCUT2D eigenvalue weighted by Crippen LogP contribution is 2.21. The van der Waals surface area contributed by atoms with E-state index in [-0.39, 0.29) is 17.9 Å². The van der Waals surface area contributed by atoms with Gasteiger partial charge in [-0.15, -0.1) is 0 Å². The molecule has 45 heavy (non-hydrogen) atoms. The summed E-state index contributed by atoms with van der Waals surface area (Å²) < 4.78 is 4.83. The zero-order chi connectivity index (χ0) is 33.6. The smallest absolute Gasteiger partial charge is 0.358 e. The number of unbranched alkanes of at least 4 members (excludes halogenated alkanes) is 24. The van der Waals surface area contributed by atoms with Crippen molar-refractivity contribution in [2.45, 2.75) is 221 Å². The Kier molecular flexibility index (Phi) is 39.0. The van der Waals surface area contributed by atoms with Crippen LogP contribution in [0.5, 0.6) is 0 Å². The standard InChI is InChI=1S/C28H54O4.C11H22O2/c1-4-6-8-10-12-13-14-15-16-17-18-19-21-23-25-27(28(30)32-31-26(3)29)24-22-20-11-9-7-5-2;1-3-4-5-6-7-8-9-10-13-11(2)12/h27H,4-25H2,1-3H3;3-10H2,1-2H3. The first-order valence-corrected chi connectivity index (χ1v) is 19.4. The van der Waals surface area contributed by atoms with Crippen LogP contribution >= 0.6 is 0 Å². The number of carbonyl (C=O) groups excluding carboxylic acids is 3. The molecular weight excluding hydrogens is 564 g/mol. The highest BCUT2D eigenvalue weighted by molar-refractivity contribution is 5.73. The lowest BCUT2D eigenvalue weighted by molar-refractivity contribution is -0.260. The number of ether oxygens (including phenoxy) is 1. The molecule has 1 atom stereocenters. The molecular formula is C39H76O6. The van der Waals surface area contributed by atoms with Crippen LogP contribution in [0.2, 0.25) is 0 Å². The molecule has 0 saturated carbocycles. The SMILES string of the molecule is CCCCCCCCCCCCCCCCC(CCCCCCCC)C(=O)OOC(C)=O.CCCCCCCCCOC(C)=O. The van der Waals surface area contributed by atoms with Crippen molar-refractivity contribution >= 4 is 17.9 Å². The lowest BCUT2D eigenvalue weighted by atomic mass is 9.94. The van der Waals surface area contributed by atoms with E-state index in [0.717, 1.165) is 38.5 Å². The van der Waals surface area contributed by atoms with Gasteiger partial charge in [-0.1, -0.05) is 188 Å². The maximum atomic E-state index is 12.3. The van der Waals surface area contributed by atoms with Gasteiger partial charge < -0.3 is 4.74 Å². The van der Waals surface area contributed by atoms with Crippen molar-refractivity contribution in [3.63, 3.8) is 0 Å². The van der Waals surface area contributed by atoms with E-state index < -0.39 is 5.97 Å². The normalized spacial score (nSPS) is 11.4. The first-order valence-electron chi connectivity index (χ1n) is 19.4. The van der Waals surface area contributed by atoms with Crippen molar-refractivity contribution in [3.05, 3.63) is 0 Å². The Morgan fingerprint density at radius 2 is 0.711 bits per heavy atom. The Bertz CT molecular complexity index is 635. The number of hydrogen-bond donors (Lipinski definition) is 0. The van der Waals surface area contributed by atoms with Gasteiger partial charge in [0.2, 0.25) is 0 Å². The van der Waals surface area contributed by atoms with E-state index in [1.165, 1.54) is 162 Å². The minimum Gasteiger partial charge on any atom is -0.466 e. The summed E-state index contributed by atoms with van der Waals surface area (Å²) in [5, 5.41) is 0. The maximum absolute atomic E-state index is 12.3. The van der Waals surface area contributed by atoms with Gasteiger partial charge in [0.25, 0.3) is 0 Å². The van der Waals surface area contributed by atoms with Gasteiger partial charge in [-0.2, -0.15) is 0 Å². The van der Waals surface area contributed by atoms with Crippen LogP contribution in [0.25, 0.3) is 0 Å². The largest absolute Gasteiger partial charge is 0.466 e. The minimum absolute atomic E-state index is 0.141. The zero-order valence-electron chi connectivity index (χ0n) is 30.7. The van der Waals surface area contributed by atoms with E-state index in [9.17, 15) is 14.4 Å². The van der Waals surface area contributed by atoms with E-state index in [2.05, 4.69) is 25.7 Å². The van der Waals surface area contributed by atoms with Gasteiger partial charge in [-0.25, -0.2) is 19.4 Å². The van der Waals surface area contributed by atoms with Crippen LogP contribution in [0.4, 0.5) is 0 Å². The van der Waals surface area contributed by atoms with Crippen LogP contribution in [0, 0.1) is 5.92 Å². The van der Waals surface area contributed by atoms with Gasteiger partial charge in [0.05, 0.1) is 12.5 Å². The molecule has 6 heteroatoms. The fourth-order valence-electron chi connectivity index (χ4n) is 5.58. The Labute approximate surface area is 279 Å². The summed E-state index contributed by atoms with van der Waals surface area (Å²) in [7, 11) is 0. The summed E-state index contributed by atoms with van der Waals surface area (Å²) in [6.45, 7) is 10.0. The minimum atomic E-state index is -0.576. The monoisotopic (exact) mass is 641 g/mol. The molecule has 0 spiro atoms. The molecule has 0 aliphatic carbocycles. The van der Waals surface area contributed by atoms with Crippen LogP contribution in [-0.4, -0.2) is 24.5 Å². The van der Waals surface area contributed by atoms with Gasteiger partial charge >= 0.3 is 17.9 Å². The molecule has 0 radical (unpaired) electrons. The van der Waals surface area contributed by atoms with Crippen molar-refractivity contribution in [2.75, 3.05) is 6.61 Å². The van der Waals surface area contributed by atoms with E-state index in [1.807, 2.05) is 0 Å². The van der Waals surface area contributed by atoms with Crippen molar-refractivity contribution in [2.24, 2.45) is 5.92 Å². The van der Waals surface area contributed by atoms with Gasteiger partial charge in [-0.05, 0) is 19.3 Å². The number of rotatable bonds is 31. The predicted octanol–water partition coefficient (Wildman–Crippen LogP) is 12.5. The number of esters is 1. The third-order valence-corrected chi connectivity index (χ3v) is 8.44. The number of hydrogen-bond acceptors (Lipinski definition) is 6. The fourth-order valence-corrected chi connectivity index (χ4v) is 5.58. The van der Waals surface area contributed by atoms with E-state index in [4.69, 9.17) is 9.62 Å². The van der Waals surface area contributed by atoms with Crippen molar-refractivity contribution in [1.29, 1.82) is 0 Å². The summed E-state index contributed by atoms with van der Waals surface area (Å²) >= 11 is 0. The van der Waals surface area contributed by atoms with Gasteiger partial charge in [0.15, 0.2) is 0 Å². The van der Waals surface area contributed by atoms with Gasteiger partial charge in [-0.3, -0.25) is 4.79 Å². The first kappa shape index (κ1) is 45.5. The highest BCUT2D eigenvalue weighted by Gasteiger charge is 2.21. The van der Waals surface area contributed by atoms with Crippen molar-refractivity contribution < 1.29 is 28.9 Å². The van der Waals surface area contributed by atoms with Crippen LogP contribution in [0.15, 0.2) is 0 Å². The third-order valence-electron chi connectivity index (χ3n) is 8.44.